The summed E-state index contributed by atoms with van der Waals surface area (Å²) in [5.41, 5.74) is 2.72. The SMILES string of the molecule is Cc1ccsc1/C=C1\Oc2c(ccc3c2CN(C[C@H]2CCCO2)CO3)C1=O. The molecule has 0 aliphatic carbocycles. The molecule has 5 rings (SSSR count). The van der Waals surface area contributed by atoms with Crippen molar-refractivity contribution >= 4 is 23.2 Å². The highest BCUT2D eigenvalue weighted by molar-refractivity contribution is 7.11. The van der Waals surface area contributed by atoms with Crippen LogP contribution in [0.15, 0.2) is 29.3 Å². The fourth-order valence-corrected chi connectivity index (χ4v) is 4.70. The quantitative estimate of drug-likeness (QED) is 0.750. The van der Waals surface area contributed by atoms with Crippen LogP contribution in [0.25, 0.3) is 6.08 Å². The second-order valence-corrected chi connectivity index (χ2v) is 8.19. The molecule has 3 aliphatic heterocycles. The van der Waals surface area contributed by atoms with Crippen molar-refractivity contribution in [3.8, 4) is 11.5 Å². The highest BCUT2D eigenvalue weighted by Crippen LogP contribution is 2.42. The number of carbonyl (C=O) groups excluding carboxylic acids is 1. The van der Waals surface area contributed by atoms with Crippen molar-refractivity contribution in [2.75, 3.05) is 19.9 Å². The van der Waals surface area contributed by atoms with Gasteiger partial charge in [-0.3, -0.25) is 9.69 Å². The lowest BCUT2D eigenvalue weighted by Crippen LogP contribution is -2.37. The maximum atomic E-state index is 12.8. The molecule has 1 aromatic heterocycles. The van der Waals surface area contributed by atoms with Crippen LogP contribution in [-0.2, 0) is 11.3 Å². The predicted molar refractivity (Wildman–Crippen MR) is 103 cm³/mol. The maximum absolute atomic E-state index is 12.8. The second kappa shape index (κ2) is 6.78. The summed E-state index contributed by atoms with van der Waals surface area (Å²) in [6.45, 7) is 4.97. The standard InChI is InChI=1S/C21H21NO4S/c1-13-6-8-27-19(13)9-18-20(23)15-4-5-17-16(21(15)26-18)11-22(12-25-17)10-14-3-2-7-24-14/h4-6,8-9,14H,2-3,7,10-12H2,1H3/b18-9-/t14-/m1/s1. The molecule has 0 radical (unpaired) electrons. The third-order valence-electron chi connectivity index (χ3n) is 5.33. The van der Waals surface area contributed by atoms with E-state index in [1.807, 2.05) is 36.6 Å². The Bertz CT molecular complexity index is 926. The van der Waals surface area contributed by atoms with Crippen molar-refractivity contribution in [3.05, 3.63) is 50.9 Å². The summed E-state index contributed by atoms with van der Waals surface area (Å²) >= 11 is 1.61. The Labute approximate surface area is 162 Å². The van der Waals surface area contributed by atoms with Gasteiger partial charge in [-0.2, -0.15) is 0 Å². The van der Waals surface area contributed by atoms with E-state index in [1.165, 1.54) is 0 Å². The highest BCUT2D eigenvalue weighted by Gasteiger charge is 2.34. The minimum Gasteiger partial charge on any atom is -0.478 e. The number of rotatable bonds is 3. The summed E-state index contributed by atoms with van der Waals surface area (Å²) in [5, 5.41) is 2.02. The van der Waals surface area contributed by atoms with Crippen LogP contribution in [0.5, 0.6) is 11.5 Å². The topological polar surface area (TPSA) is 48.0 Å². The van der Waals surface area contributed by atoms with Crippen molar-refractivity contribution in [2.24, 2.45) is 0 Å². The van der Waals surface area contributed by atoms with Crippen molar-refractivity contribution in [1.82, 2.24) is 4.90 Å². The Morgan fingerprint density at radius 2 is 2.26 bits per heavy atom. The van der Waals surface area contributed by atoms with Gasteiger partial charge >= 0.3 is 0 Å². The van der Waals surface area contributed by atoms with Gasteiger partial charge in [0.15, 0.2) is 5.76 Å². The molecular weight excluding hydrogens is 362 g/mol. The Kier molecular flexibility index (Phi) is 4.27. The third kappa shape index (κ3) is 3.08. The summed E-state index contributed by atoms with van der Waals surface area (Å²) in [7, 11) is 0. The fourth-order valence-electron chi connectivity index (χ4n) is 3.85. The number of benzene rings is 1. The molecule has 140 valence electrons. The van der Waals surface area contributed by atoms with Crippen LogP contribution in [0.4, 0.5) is 0 Å². The van der Waals surface area contributed by atoms with E-state index in [1.54, 1.807) is 11.3 Å². The first-order valence-electron chi connectivity index (χ1n) is 9.30. The number of thiophene rings is 1. The zero-order chi connectivity index (χ0) is 18.4. The van der Waals surface area contributed by atoms with E-state index < -0.39 is 0 Å². The van der Waals surface area contributed by atoms with E-state index in [2.05, 4.69) is 4.90 Å². The molecule has 1 fully saturated rings. The number of ether oxygens (including phenoxy) is 3. The average molecular weight is 383 g/mol. The van der Waals surface area contributed by atoms with Crippen LogP contribution < -0.4 is 9.47 Å². The molecule has 27 heavy (non-hydrogen) atoms. The molecule has 0 bridgehead atoms. The summed E-state index contributed by atoms with van der Waals surface area (Å²) in [6, 6.07) is 5.74. The lowest BCUT2D eigenvalue weighted by atomic mass is 10.0. The number of nitrogens with zero attached hydrogens (tertiary/aromatic N) is 1. The first kappa shape index (κ1) is 17.0. The zero-order valence-corrected chi connectivity index (χ0v) is 16.0. The number of Topliss-reactive ketones (excluding diaryl/α,β-unsaturated/α-hetero) is 1. The van der Waals surface area contributed by atoms with Crippen LogP contribution in [0.1, 0.15) is 39.2 Å². The number of fused-ring (bicyclic) bond motifs is 3. The Morgan fingerprint density at radius 3 is 3.04 bits per heavy atom. The molecule has 3 aliphatic rings. The molecule has 1 atom stereocenters. The van der Waals surface area contributed by atoms with Crippen LogP contribution in [-0.4, -0.2) is 36.7 Å². The van der Waals surface area contributed by atoms with Crippen molar-refractivity contribution in [3.63, 3.8) is 0 Å². The fraction of sp³-hybridized carbons (Fsp3) is 0.381. The molecule has 0 N–H and O–H groups in total. The molecule has 1 saturated heterocycles. The van der Waals surface area contributed by atoms with Gasteiger partial charge in [0.25, 0.3) is 0 Å². The molecule has 5 nitrogen and oxygen atoms in total. The Hall–Kier alpha value is -2.15. The summed E-state index contributed by atoms with van der Waals surface area (Å²) in [5.74, 6) is 1.78. The van der Waals surface area contributed by atoms with Gasteiger partial charge in [0.2, 0.25) is 5.78 Å². The molecule has 0 unspecified atom stereocenters. The Balaban J connectivity index is 1.42. The van der Waals surface area contributed by atoms with Gasteiger partial charge in [-0.25, -0.2) is 0 Å². The molecule has 0 saturated carbocycles. The summed E-state index contributed by atoms with van der Waals surface area (Å²) < 4.78 is 17.7. The molecule has 2 aromatic rings. The van der Waals surface area contributed by atoms with Crippen molar-refractivity contribution in [1.29, 1.82) is 0 Å². The highest BCUT2D eigenvalue weighted by atomic mass is 32.1. The Morgan fingerprint density at radius 1 is 1.33 bits per heavy atom. The van der Waals surface area contributed by atoms with Crippen LogP contribution in [0.2, 0.25) is 0 Å². The van der Waals surface area contributed by atoms with E-state index in [0.717, 1.165) is 47.7 Å². The van der Waals surface area contributed by atoms with Crippen molar-refractivity contribution < 1.29 is 19.0 Å². The van der Waals surface area contributed by atoms with Crippen LogP contribution >= 0.6 is 11.3 Å². The zero-order valence-electron chi connectivity index (χ0n) is 15.2. The number of allylic oxidation sites excluding steroid dienone is 1. The smallest absolute Gasteiger partial charge is 0.232 e. The maximum Gasteiger partial charge on any atom is 0.232 e. The normalized spacial score (nSPS) is 23.2. The molecule has 6 heteroatoms. The molecule has 0 amide bonds. The van der Waals surface area contributed by atoms with E-state index >= 15 is 0 Å². The number of carbonyl (C=O) groups is 1. The van der Waals surface area contributed by atoms with Crippen molar-refractivity contribution in [2.45, 2.75) is 32.4 Å². The number of aryl methyl sites for hydroxylation is 1. The van der Waals surface area contributed by atoms with Gasteiger partial charge in [0.05, 0.1) is 17.2 Å². The third-order valence-corrected chi connectivity index (χ3v) is 6.30. The lowest BCUT2D eigenvalue weighted by molar-refractivity contribution is 0.0274. The van der Waals surface area contributed by atoms with E-state index in [4.69, 9.17) is 14.2 Å². The molecule has 0 spiro atoms. The number of ketones is 1. The molecule has 4 heterocycles. The van der Waals surface area contributed by atoms with Gasteiger partial charge in [0, 0.05) is 30.6 Å². The minimum atomic E-state index is -0.0585. The van der Waals surface area contributed by atoms with Gasteiger partial charge in [-0.05, 0) is 48.9 Å². The predicted octanol–water partition coefficient (Wildman–Crippen LogP) is 4.00. The van der Waals surface area contributed by atoms with Gasteiger partial charge in [-0.1, -0.05) is 0 Å². The minimum absolute atomic E-state index is 0.0585. The second-order valence-electron chi connectivity index (χ2n) is 7.25. The van der Waals surface area contributed by atoms with Crippen LogP contribution in [0, 0.1) is 6.92 Å². The summed E-state index contributed by atoms with van der Waals surface area (Å²) in [6.07, 6.45) is 4.34. The van der Waals surface area contributed by atoms with E-state index in [0.29, 0.717) is 30.3 Å². The van der Waals surface area contributed by atoms with E-state index in [-0.39, 0.29) is 11.9 Å². The van der Waals surface area contributed by atoms with Crippen LogP contribution in [0.3, 0.4) is 0 Å². The number of hydrogen-bond acceptors (Lipinski definition) is 6. The first-order chi connectivity index (χ1) is 13.2. The average Bonchev–Trinajstić information content (AvgIpc) is 3.39. The van der Waals surface area contributed by atoms with Gasteiger partial charge in [0.1, 0.15) is 18.2 Å². The van der Waals surface area contributed by atoms with Gasteiger partial charge in [-0.15, -0.1) is 11.3 Å². The lowest BCUT2D eigenvalue weighted by Gasteiger charge is -2.31. The molecular formula is C21H21NO4S. The first-order valence-corrected chi connectivity index (χ1v) is 10.2. The van der Waals surface area contributed by atoms with E-state index in [9.17, 15) is 4.79 Å². The number of hydrogen-bond donors (Lipinski definition) is 0. The largest absolute Gasteiger partial charge is 0.478 e. The monoisotopic (exact) mass is 383 g/mol. The summed E-state index contributed by atoms with van der Waals surface area (Å²) in [4.78, 5) is 16.1. The molecule has 1 aromatic carbocycles. The van der Waals surface area contributed by atoms with Gasteiger partial charge < -0.3 is 14.2 Å².